The summed E-state index contributed by atoms with van der Waals surface area (Å²) in [6.45, 7) is 2.13. The Morgan fingerprint density at radius 3 is 2.79 bits per heavy atom. The first-order chi connectivity index (χ1) is 11.5. The Morgan fingerprint density at radius 1 is 1.29 bits per heavy atom. The quantitative estimate of drug-likeness (QED) is 0.321. The molecule has 0 amide bonds. The number of carboxylic acid groups (broad SMARTS) is 1. The van der Waals surface area contributed by atoms with Gasteiger partial charge < -0.3 is 10.2 Å². The number of ketones is 1. The van der Waals surface area contributed by atoms with Crippen LogP contribution in [0.15, 0.2) is 36.5 Å². The van der Waals surface area contributed by atoms with Crippen molar-refractivity contribution in [3.05, 3.63) is 36.5 Å². The van der Waals surface area contributed by atoms with Crippen molar-refractivity contribution in [3.8, 4) is 0 Å². The molecule has 0 radical (unpaired) electrons. The molecule has 0 aromatic heterocycles. The van der Waals surface area contributed by atoms with Crippen LogP contribution in [0.4, 0.5) is 0 Å². The molecular formula is C20H30O4. The van der Waals surface area contributed by atoms with E-state index in [1.54, 1.807) is 18.2 Å². The first-order valence-electron chi connectivity index (χ1n) is 9.02. The number of aliphatic carboxylic acids is 1. The minimum absolute atomic E-state index is 0.114. The van der Waals surface area contributed by atoms with Crippen molar-refractivity contribution in [1.29, 1.82) is 0 Å². The maximum atomic E-state index is 12.0. The smallest absolute Gasteiger partial charge is 0.327 e. The third kappa shape index (κ3) is 8.25. The van der Waals surface area contributed by atoms with Gasteiger partial charge in [0.25, 0.3) is 0 Å². The lowest BCUT2D eigenvalue weighted by Gasteiger charge is -2.15. The molecule has 134 valence electrons. The molecule has 4 nitrogen and oxygen atoms in total. The molecule has 0 saturated heterocycles. The lowest BCUT2D eigenvalue weighted by Crippen LogP contribution is -2.14. The van der Waals surface area contributed by atoms with E-state index in [2.05, 4.69) is 6.92 Å². The molecule has 0 saturated carbocycles. The lowest BCUT2D eigenvalue weighted by atomic mass is 9.89. The molecule has 24 heavy (non-hydrogen) atoms. The minimum atomic E-state index is -0.915. The van der Waals surface area contributed by atoms with Gasteiger partial charge in [-0.05, 0) is 37.7 Å². The van der Waals surface area contributed by atoms with Crippen molar-refractivity contribution in [3.63, 3.8) is 0 Å². The molecule has 0 fully saturated rings. The first-order valence-corrected chi connectivity index (χ1v) is 9.02. The van der Waals surface area contributed by atoms with Gasteiger partial charge in [-0.3, -0.25) is 4.79 Å². The molecule has 0 aromatic rings. The molecule has 1 aliphatic rings. The summed E-state index contributed by atoms with van der Waals surface area (Å²) in [6, 6.07) is 0. The normalized spacial score (nSPS) is 22.0. The fraction of sp³-hybridized carbons (Fsp3) is 0.600. The molecule has 4 heteroatoms. The van der Waals surface area contributed by atoms with E-state index in [0.717, 1.165) is 51.4 Å². The SMILES string of the molecule is CCCCC[C@H](O)/C=C/[C@H]1C(=O)C=C[C@@H]1CCCC/C=C/C(=O)O. The highest BCUT2D eigenvalue weighted by Crippen LogP contribution is 2.29. The Labute approximate surface area is 145 Å². The molecule has 3 atom stereocenters. The average molecular weight is 334 g/mol. The first kappa shape index (κ1) is 20.4. The van der Waals surface area contributed by atoms with Gasteiger partial charge in [-0.2, -0.15) is 0 Å². The second-order valence-corrected chi connectivity index (χ2v) is 6.42. The monoisotopic (exact) mass is 334 g/mol. The maximum absolute atomic E-state index is 12.0. The molecule has 0 spiro atoms. The van der Waals surface area contributed by atoms with Crippen molar-refractivity contribution in [2.24, 2.45) is 11.8 Å². The van der Waals surface area contributed by atoms with Crippen LogP contribution in [0, 0.1) is 11.8 Å². The summed E-state index contributed by atoms with van der Waals surface area (Å²) in [4.78, 5) is 22.3. The van der Waals surface area contributed by atoms with Crippen molar-refractivity contribution < 1.29 is 19.8 Å². The lowest BCUT2D eigenvalue weighted by molar-refractivity contribution is -0.131. The second kappa shape index (κ2) is 11.8. The number of carbonyl (C=O) groups is 2. The van der Waals surface area contributed by atoms with E-state index in [1.807, 2.05) is 12.2 Å². The number of aliphatic hydroxyl groups is 1. The van der Waals surface area contributed by atoms with Crippen LogP contribution < -0.4 is 0 Å². The number of carboxylic acids is 1. The van der Waals surface area contributed by atoms with Crippen LogP contribution in [0.3, 0.4) is 0 Å². The molecular weight excluding hydrogens is 304 g/mol. The zero-order valence-corrected chi connectivity index (χ0v) is 14.6. The van der Waals surface area contributed by atoms with Gasteiger partial charge in [0.2, 0.25) is 0 Å². The number of carbonyl (C=O) groups excluding carboxylic acids is 1. The van der Waals surface area contributed by atoms with Gasteiger partial charge >= 0.3 is 5.97 Å². The fourth-order valence-corrected chi connectivity index (χ4v) is 2.95. The Hall–Kier alpha value is -1.68. The Kier molecular flexibility index (Phi) is 10.0. The van der Waals surface area contributed by atoms with Crippen molar-refractivity contribution >= 4 is 11.8 Å². The summed E-state index contributed by atoms with van der Waals surface area (Å²) in [5.74, 6) is -0.759. The summed E-state index contributed by atoms with van der Waals surface area (Å²) in [5.41, 5.74) is 0. The molecule has 1 rings (SSSR count). The molecule has 0 aliphatic heterocycles. The summed E-state index contributed by atoms with van der Waals surface area (Å²) >= 11 is 0. The number of hydrogen-bond donors (Lipinski definition) is 2. The maximum Gasteiger partial charge on any atom is 0.327 e. The molecule has 2 N–H and O–H groups in total. The highest BCUT2D eigenvalue weighted by molar-refractivity contribution is 5.95. The third-order valence-corrected chi connectivity index (χ3v) is 4.36. The van der Waals surface area contributed by atoms with Crippen LogP contribution in [0.25, 0.3) is 0 Å². The predicted octanol–water partition coefficient (Wildman–Crippen LogP) is 4.06. The van der Waals surface area contributed by atoms with Crippen molar-refractivity contribution in [2.45, 2.75) is 64.4 Å². The van der Waals surface area contributed by atoms with Gasteiger partial charge in [-0.25, -0.2) is 4.79 Å². The van der Waals surface area contributed by atoms with E-state index in [9.17, 15) is 14.7 Å². The average Bonchev–Trinajstić information content (AvgIpc) is 2.89. The van der Waals surface area contributed by atoms with Crippen molar-refractivity contribution in [1.82, 2.24) is 0 Å². The minimum Gasteiger partial charge on any atom is -0.478 e. The van der Waals surface area contributed by atoms with Crippen LogP contribution in [0.1, 0.15) is 58.3 Å². The van der Waals surface area contributed by atoms with Gasteiger partial charge in [0.05, 0.1) is 6.10 Å². The van der Waals surface area contributed by atoms with E-state index < -0.39 is 12.1 Å². The van der Waals surface area contributed by atoms with Crippen molar-refractivity contribution in [2.75, 3.05) is 0 Å². The standard InChI is InChI=1S/C20H30O4/c1-2-3-6-10-17(21)13-14-18-16(12-15-19(18)22)9-7-4-5-8-11-20(23)24/h8,11-18,21H,2-7,9-10H2,1H3,(H,23,24)/b11-8+,14-13+/t16-,17-,18+/m0/s1. The van der Waals surface area contributed by atoms with Gasteiger partial charge in [0.1, 0.15) is 0 Å². The highest BCUT2D eigenvalue weighted by atomic mass is 16.4. The Bertz CT molecular complexity index is 476. The molecule has 0 bridgehead atoms. The number of rotatable bonds is 12. The number of unbranched alkanes of at least 4 members (excludes halogenated alkanes) is 4. The largest absolute Gasteiger partial charge is 0.478 e. The van der Waals surface area contributed by atoms with Gasteiger partial charge in [0.15, 0.2) is 5.78 Å². The van der Waals surface area contributed by atoms with E-state index in [0.29, 0.717) is 0 Å². The summed E-state index contributed by atoms with van der Waals surface area (Å²) < 4.78 is 0. The predicted molar refractivity (Wildman–Crippen MR) is 95.7 cm³/mol. The number of hydrogen-bond acceptors (Lipinski definition) is 3. The van der Waals surface area contributed by atoms with Crippen LogP contribution in [-0.2, 0) is 9.59 Å². The van der Waals surface area contributed by atoms with Crippen LogP contribution >= 0.6 is 0 Å². The Balaban J connectivity index is 2.34. The summed E-state index contributed by atoms with van der Waals surface area (Å²) in [6.07, 6.45) is 17.2. The van der Waals surface area contributed by atoms with Gasteiger partial charge in [-0.1, -0.05) is 56.9 Å². The molecule has 0 unspecified atom stereocenters. The summed E-state index contributed by atoms with van der Waals surface area (Å²) in [7, 11) is 0. The fourth-order valence-electron chi connectivity index (χ4n) is 2.95. The molecule has 0 heterocycles. The topological polar surface area (TPSA) is 74.6 Å². The zero-order chi connectivity index (χ0) is 17.8. The van der Waals surface area contributed by atoms with E-state index in [4.69, 9.17) is 5.11 Å². The van der Waals surface area contributed by atoms with Gasteiger partial charge in [0, 0.05) is 12.0 Å². The Morgan fingerprint density at radius 2 is 2.08 bits per heavy atom. The summed E-state index contributed by atoms with van der Waals surface area (Å²) in [5, 5.41) is 18.5. The van der Waals surface area contributed by atoms with E-state index >= 15 is 0 Å². The van der Waals surface area contributed by atoms with Crippen LogP contribution in [0.2, 0.25) is 0 Å². The van der Waals surface area contributed by atoms with Gasteiger partial charge in [-0.15, -0.1) is 0 Å². The second-order valence-electron chi connectivity index (χ2n) is 6.42. The van der Waals surface area contributed by atoms with Crippen LogP contribution in [0.5, 0.6) is 0 Å². The number of aliphatic hydroxyl groups excluding tert-OH is 1. The van der Waals surface area contributed by atoms with E-state index in [-0.39, 0.29) is 17.6 Å². The van der Waals surface area contributed by atoms with Crippen LogP contribution in [-0.4, -0.2) is 28.1 Å². The molecule has 1 aliphatic carbocycles. The number of allylic oxidation sites excluding steroid dienone is 4. The zero-order valence-electron chi connectivity index (χ0n) is 14.6. The highest BCUT2D eigenvalue weighted by Gasteiger charge is 2.27. The molecule has 0 aromatic carbocycles. The third-order valence-electron chi connectivity index (χ3n) is 4.36. The van der Waals surface area contributed by atoms with E-state index in [1.165, 1.54) is 6.08 Å².